The van der Waals surface area contributed by atoms with E-state index in [1.54, 1.807) is 39.6 Å². The van der Waals surface area contributed by atoms with Gasteiger partial charge in [0, 0.05) is 44.7 Å². The molecule has 1 aromatic carbocycles. The molecule has 3 heterocycles. The van der Waals surface area contributed by atoms with Crippen molar-refractivity contribution in [1.29, 1.82) is 0 Å². The molecular formula is C18H24N6O3S. The number of piperazine rings is 1. The predicted molar refractivity (Wildman–Crippen MR) is 102 cm³/mol. The molecule has 0 saturated carbocycles. The van der Waals surface area contributed by atoms with Gasteiger partial charge in [-0.15, -0.1) is 0 Å². The van der Waals surface area contributed by atoms with Crippen LogP contribution in [0.4, 0.5) is 0 Å². The topological polar surface area (TPSA) is 100 Å². The van der Waals surface area contributed by atoms with Crippen LogP contribution in [0.5, 0.6) is 0 Å². The van der Waals surface area contributed by atoms with Crippen molar-refractivity contribution in [2.24, 2.45) is 0 Å². The van der Waals surface area contributed by atoms with Gasteiger partial charge in [-0.1, -0.05) is 18.2 Å². The normalized spacial score (nSPS) is 24.9. The van der Waals surface area contributed by atoms with Crippen molar-refractivity contribution >= 4 is 15.9 Å². The first-order valence-corrected chi connectivity index (χ1v) is 10.9. The number of aromatic nitrogens is 3. The molecule has 0 radical (unpaired) electrons. The number of amides is 1. The molecule has 2 fully saturated rings. The number of sulfonamides is 1. The Kier molecular flexibility index (Phi) is 5.42. The summed E-state index contributed by atoms with van der Waals surface area (Å²) in [6, 6.07) is 8.55. The number of fused-ring (bicyclic) bond motifs is 2. The standard InChI is InChI=1S/C18H24N6O3S/c25-18(7-9-23-14-19-13-21-23)20-10-16-12-24(15-6-8-22(16)11-15)28(26,27)17-4-2-1-3-5-17/h1-5,13-16H,6-12H2,(H,20,25)/t15-,16-/m0/s1. The fourth-order valence-corrected chi connectivity index (χ4v) is 5.61. The van der Waals surface area contributed by atoms with E-state index in [1.165, 1.54) is 6.33 Å². The Morgan fingerprint density at radius 3 is 2.79 bits per heavy atom. The van der Waals surface area contributed by atoms with Gasteiger partial charge in [0.1, 0.15) is 12.7 Å². The first-order chi connectivity index (χ1) is 13.5. The van der Waals surface area contributed by atoms with Crippen LogP contribution in [0.1, 0.15) is 12.8 Å². The third kappa shape index (κ3) is 3.94. The number of carbonyl (C=O) groups excluding carboxylic acids is 1. The lowest BCUT2D eigenvalue weighted by Crippen LogP contribution is -2.57. The first kappa shape index (κ1) is 19.0. The van der Waals surface area contributed by atoms with Gasteiger partial charge in [0.2, 0.25) is 15.9 Å². The maximum absolute atomic E-state index is 13.1. The Bertz CT molecular complexity index is 903. The monoisotopic (exact) mass is 404 g/mol. The summed E-state index contributed by atoms with van der Waals surface area (Å²) in [5.41, 5.74) is 0. The Balaban J connectivity index is 1.38. The summed E-state index contributed by atoms with van der Waals surface area (Å²) in [6.07, 6.45) is 4.14. The van der Waals surface area contributed by atoms with E-state index in [1.807, 2.05) is 6.07 Å². The van der Waals surface area contributed by atoms with E-state index in [9.17, 15) is 13.2 Å². The Morgan fingerprint density at radius 2 is 2.04 bits per heavy atom. The molecule has 2 aromatic rings. The van der Waals surface area contributed by atoms with Crippen LogP contribution in [0, 0.1) is 0 Å². The largest absolute Gasteiger partial charge is 0.354 e. The second-order valence-electron chi connectivity index (χ2n) is 7.19. The third-order valence-electron chi connectivity index (χ3n) is 5.43. The van der Waals surface area contributed by atoms with Crippen LogP contribution >= 0.6 is 0 Å². The second-order valence-corrected chi connectivity index (χ2v) is 9.08. The van der Waals surface area contributed by atoms with Crippen LogP contribution in [0.25, 0.3) is 0 Å². The van der Waals surface area contributed by atoms with E-state index in [4.69, 9.17) is 0 Å². The molecule has 2 aliphatic heterocycles. The van der Waals surface area contributed by atoms with Crippen molar-refractivity contribution < 1.29 is 13.2 Å². The van der Waals surface area contributed by atoms with Gasteiger partial charge in [0.15, 0.2) is 0 Å². The van der Waals surface area contributed by atoms with E-state index in [-0.39, 0.29) is 18.0 Å². The van der Waals surface area contributed by atoms with Crippen molar-refractivity contribution in [3.8, 4) is 0 Å². The van der Waals surface area contributed by atoms with Gasteiger partial charge in [-0.3, -0.25) is 14.4 Å². The van der Waals surface area contributed by atoms with Crippen LogP contribution in [-0.4, -0.2) is 76.6 Å². The molecule has 9 nitrogen and oxygen atoms in total. The molecule has 2 aliphatic rings. The molecule has 4 rings (SSSR count). The van der Waals surface area contributed by atoms with E-state index in [0.29, 0.717) is 37.5 Å². The minimum Gasteiger partial charge on any atom is -0.354 e. The smallest absolute Gasteiger partial charge is 0.243 e. The van der Waals surface area contributed by atoms with Crippen LogP contribution < -0.4 is 5.32 Å². The number of hydrogen-bond donors (Lipinski definition) is 1. The Hall–Kier alpha value is -2.30. The highest BCUT2D eigenvalue weighted by atomic mass is 32.2. The summed E-state index contributed by atoms with van der Waals surface area (Å²) in [6.45, 7) is 2.86. The van der Waals surface area contributed by atoms with Gasteiger partial charge in [0.05, 0.1) is 11.4 Å². The van der Waals surface area contributed by atoms with Gasteiger partial charge in [-0.2, -0.15) is 9.40 Å². The molecule has 150 valence electrons. The number of carbonyl (C=O) groups is 1. The van der Waals surface area contributed by atoms with Gasteiger partial charge < -0.3 is 5.32 Å². The molecule has 2 saturated heterocycles. The molecular weight excluding hydrogens is 380 g/mol. The minimum atomic E-state index is -3.53. The van der Waals surface area contributed by atoms with Crippen molar-refractivity contribution in [2.45, 2.75) is 36.4 Å². The SMILES string of the molecule is O=C(CCn1cncn1)NC[C@H]1CN(S(=O)(=O)c2ccccc2)[C@H]2CCN1C2. The summed E-state index contributed by atoms with van der Waals surface area (Å²) in [7, 11) is -3.53. The first-order valence-electron chi connectivity index (χ1n) is 9.44. The average Bonchev–Trinajstić information content (AvgIpc) is 3.37. The highest BCUT2D eigenvalue weighted by molar-refractivity contribution is 7.89. The number of rotatable bonds is 7. The lowest BCUT2D eigenvalue weighted by molar-refractivity contribution is -0.121. The van der Waals surface area contributed by atoms with Crippen LogP contribution in [0.3, 0.4) is 0 Å². The second kappa shape index (κ2) is 7.98. The highest BCUT2D eigenvalue weighted by Crippen LogP contribution is 2.29. The maximum atomic E-state index is 13.1. The fraction of sp³-hybridized carbons (Fsp3) is 0.500. The van der Waals surface area contributed by atoms with Crippen molar-refractivity contribution in [1.82, 2.24) is 29.3 Å². The lowest BCUT2D eigenvalue weighted by Gasteiger charge is -2.39. The van der Waals surface area contributed by atoms with Crippen LogP contribution in [0.15, 0.2) is 47.9 Å². The predicted octanol–water partition coefficient (Wildman–Crippen LogP) is -0.0682. The molecule has 0 aliphatic carbocycles. The molecule has 1 amide bonds. The van der Waals surface area contributed by atoms with E-state index >= 15 is 0 Å². The summed E-state index contributed by atoms with van der Waals surface area (Å²) < 4.78 is 29.4. The summed E-state index contributed by atoms with van der Waals surface area (Å²) in [5.74, 6) is -0.0747. The summed E-state index contributed by atoms with van der Waals surface area (Å²) >= 11 is 0. The molecule has 10 heteroatoms. The Labute approximate surface area is 164 Å². The molecule has 1 unspecified atom stereocenters. The number of nitrogens with one attached hydrogen (secondary N) is 1. The average molecular weight is 404 g/mol. The van der Waals surface area contributed by atoms with E-state index < -0.39 is 10.0 Å². The van der Waals surface area contributed by atoms with Crippen molar-refractivity contribution in [2.75, 3.05) is 26.2 Å². The molecule has 0 spiro atoms. The quantitative estimate of drug-likeness (QED) is 0.694. The van der Waals surface area contributed by atoms with Gasteiger partial charge in [-0.05, 0) is 18.6 Å². The number of hydrogen-bond acceptors (Lipinski definition) is 6. The van der Waals surface area contributed by atoms with Crippen LogP contribution in [0.2, 0.25) is 0 Å². The zero-order chi connectivity index (χ0) is 19.6. The summed E-state index contributed by atoms with van der Waals surface area (Å²) in [5, 5.41) is 6.92. The van der Waals surface area contributed by atoms with Crippen molar-refractivity contribution in [3.63, 3.8) is 0 Å². The minimum absolute atomic E-state index is 0.00414. The number of aryl methyl sites for hydroxylation is 1. The van der Waals surface area contributed by atoms with E-state index in [0.717, 1.165) is 13.0 Å². The molecule has 3 atom stereocenters. The zero-order valence-corrected chi connectivity index (χ0v) is 16.3. The zero-order valence-electron chi connectivity index (χ0n) is 15.5. The molecule has 1 N–H and O–H groups in total. The number of nitrogens with zero attached hydrogens (tertiary/aromatic N) is 5. The third-order valence-corrected chi connectivity index (χ3v) is 7.36. The Morgan fingerprint density at radius 1 is 1.21 bits per heavy atom. The maximum Gasteiger partial charge on any atom is 0.243 e. The lowest BCUT2D eigenvalue weighted by atomic mass is 10.2. The van der Waals surface area contributed by atoms with Gasteiger partial charge >= 0.3 is 0 Å². The summed E-state index contributed by atoms with van der Waals surface area (Å²) in [4.78, 5) is 18.6. The fourth-order valence-electron chi connectivity index (χ4n) is 3.91. The molecule has 28 heavy (non-hydrogen) atoms. The van der Waals surface area contributed by atoms with Gasteiger partial charge in [-0.25, -0.2) is 13.4 Å². The van der Waals surface area contributed by atoms with E-state index in [2.05, 4.69) is 20.3 Å². The van der Waals surface area contributed by atoms with Gasteiger partial charge in [0.25, 0.3) is 0 Å². The highest BCUT2D eigenvalue weighted by Gasteiger charge is 2.44. The number of benzene rings is 1. The molecule has 2 bridgehead atoms. The molecule has 1 aromatic heterocycles. The van der Waals surface area contributed by atoms with Crippen LogP contribution in [-0.2, 0) is 21.4 Å². The van der Waals surface area contributed by atoms with Crippen molar-refractivity contribution in [3.05, 3.63) is 43.0 Å².